The third-order valence-corrected chi connectivity index (χ3v) is 5.57. The molecule has 31 heavy (non-hydrogen) atoms. The minimum Gasteiger partial charge on any atom is -0.492 e. The number of rotatable bonds is 8. The second kappa shape index (κ2) is 9.84. The molecule has 2 heterocycles. The molecule has 5 heteroatoms. The lowest BCUT2D eigenvalue weighted by Gasteiger charge is -2.15. The summed E-state index contributed by atoms with van der Waals surface area (Å²) in [7, 11) is 0. The fourth-order valence-electron chi connectivity index (χ4n) is 4.08. The van der Waals surface area contributed by atoms with Gasteiger partial charge in [-0.05, 0) is 75.7 Å². The number of aryl methyl sites for hydroxylation is 2. The number of likely N-dealkylation sites (tertiary alicyclic amines) is 1. The highest BCUT2D eigenvalue weighted by Gasteiger charge is 2.11. The number of aromatic nitrogens is 1. The van der Waals surface area contributed by atoms with Gasteiger partial charge in [-0.3, -0.25) is 14.3 Å². The van der Waals surface area contributed by atoms with Gasteiger partial charge in [-0.15, -0.1) is 0 Å². The molecule has 0 atom stereocenters. The highest BCUT2D eigenvalue weighted by Crippen LogP contribution is 2.17. The minimum atomic E-state index is -0.124. The largest absolute Gasteiger partial charge is 0.492 e. The molecular formula is C26H30N2O3. The maximum absolute atomic E-state index is 12.6. The summed E-state index contributed by atoms with van der Waals surface area (Å²) < 4.78 is 13.3. The van der Waals surface area contributed by atoms with E-state index in [-0.39, 0.29) is 5.56 Å². The zero-order chi connectivity index (χ0) is 21.6. The fraction of sp³-hybridized carbons (Fsp3) is 0.346. The molecule has 0 bridgehead atoms. The second-order valence-corrected chi connectivity index (χ2v) is 8.25. The van der Waals surface area contributed by atoms with Crippen LogP contribution in [0.5, 0.6) is 11.5 Å². The molecule has 1 fully saturated rings. The Labute approximate surface area is 183 Å². The minimum absolute atomic E-state index is 0.124. The first kappa shape index (κ1) is 21.2. The van der Waals surface area contributed by atoms with Gasteiger partial charge < -0.3 is 9.47 Å². The monoisotopic (exact) mass is 418 g/mol. The zero-order valence-electron chi connectivity index (χ0n) is 18.3. The molecule has 162 valence electrons. The van der Waals surface area contributed by atoms with Crippen LogP contribution >= 0.6 is 0 Å². The summed E-state index contributed by atoms with van der Waals surface area (Å²) in [5.74, 6) is 1.40. The average molecular weight is 419 g/mol. The molecule has 0 unspecified atom stereocenters. The summed E-state index contributed by atoms with van der Waals surface area (Å²) in [6, 6.07) is 17.3. The Bertz CT molecular complexity index is 1050. The van der Waals surface area contributed by atoms with Gasteiger partial charge in [0.05, 0.1) is 0 Å². The van der Waals surface area contributed by atoms with Crippen molar-refractivity contribution in [2.24, 2.45) is 0 Å². The van der Waals surface area contributed by atoms with Crippen molar-refractivity contribution in [2.75, 3.05) is 26.2 Å². The van der Waals surface area contributed by atoms with Gasteiger partial charge >= 0.3 is 0 Å². The molecule has 0 spiro atoms. The Hall–Kier alpha value is -3.05. The first-order valence-electron chi connectivity index (χ1n) is 11.0. The maximum Gasteiger partial charge on any atom is 0.258 e. The van der Waals surface area contributed by atoms with Crippen LogP contribution in [0.25, 0.3) is 5.69 Å². The first-order chi connectivity index (χ1) is 15.1. The quantitative estimate of drug-likeness (QED) is 0.540. The Morgan fingerprint density at radius 3 is 2.23 bits per heavy atom. The van der Waals surface area contributed by atoms with E-state index in [2.05, 4.69) is 36.9 Å². The molecule has 2 aromatic carbocycles. The van der Waals surface area contributed by atoms with E-state index >= 15 is 0 Å². The SMILES string of the molecule is Cc1cc(C)cc(COc2ccn(-c3ccc(OCCN4CCCC4)cc3)c(=O)c2)c1. The van der Waals surface area contributed by atoms with E-state index in [1.807, 2.05) is 30.3 Å². The van der Waals surface area contributed by atoms with E-state index < -0.39 is 0 Å². The Balaban J connectivity index is 1.35. The third-order valence-electron chi connectivity index (χ3n) is 5.57. The lowest BCUT2D eigenvalue weighted by atomic mass is 10.1. The van der Waals surface area contributed by atoms with Crippen LogP contribution < -0.4 is 15.0 Å². The van der Waals surface area contributed by atoms with Crippen LogP contribution in [-0.2, 0) is 6.61 Å². The highest BCUT2D eigenvalue weighted by atomic mass is 16.5. The Morgan fingerprint density at radius 1 is 0.839 bits per heavy atom. The van der Waals surface area contributed by atoms with Gasteiger partial charge in [0.2, 0.25) is 0 Å². The fourth-order valence-corrected chi connectivity index (χ4v) is 4.08. The van der Waals surface area contributed by atoms with Crippen molar-refractivity contribution in [3.05, 3.63) is 87.8 Å². The summed E-state index contributed by atoms with van der Waals surface area (Å²) in [5.41, 5.74) is 4.19. The number of ether oxygens (including phenoxy) is 2. The molecule has 1 aliphatic rings. The van der Waals surface area contributed by atoms with Crippen molar-refractivity contribution in [3.8, 4) is 17.2 Å². The summed E-state index contributed by atoms with van der Waals surface area (Å²) in [4.78, 5) is 15.0. The van der Waals surface area contributed by atoms with Crippen LogP contribution in [0.15, 0.2) is 65.6 Å². The van der Waals surface area contributed by atoms with Crippen LogP contribution in [0.4, 0.5) is 0 Å². The molecule has 0 aliphatic carbocycles. The van der Waals surface area contributed by atoms with Crippen molar-refractivity contribution in [1.29, 1.82) is 0 Å². The number of pyridine rings is 1. The number of benzene rings is 2. The van der Waals surface area contributed by atoms with Crippen LogP contribution in [0.2, 0.25) is 0 Å². The lowest BCUT2D eigenvalue weighted by molar-refractivity contribution is 0.238. The van der Waals surface area contributed by atoms with Crippen molar-refractivity contribution >= 4 is 0 Å². The van der Waals surface area contributed by atoms with Crippen molar-refractivity contribution in [2.45, 2.75) is 33.3 Å². The number of nitrogens with zero attached hydrogens (tertiary/aromatic N) is 2. The average Bonchev–Trinajstić information content (AvgIpc) is 3.26. The molecule has 5 nitrogen and oxygen atoms in total. The predicted octanol–water partition coefficient (Wildman–Crippen LogP) is 4.51. The summed E-state index contributed by atoms with van der Waals surface area (Å²) in [6.45, 7) is 8.58. The summed E-state index contributed by atoms with van der Waals surface area (Å²) in [6.07, 6.45) is 4.33. The third kappa shape index (κ3) is 5.76. The molecule has 1 aliphatic heterocycles. The molecule has 0 radical (unpaired) electrons. The van der Waals surface area contributed by atoms with Crippen LogP contribution in [0.1, 0.15) is 29.5 Å². The maximum atomic E-state index is 12.6. The molecule has 1 saturated heterocycles. The van der Waals surface area contributed by atoms with Crippen LogP contribution in [0, 0.1) is 13.8 Å². The number of hydrogen-bond acceptors (Lipinski definition) is 4. The first-order valence-corrected chi connectivity index (χ1v) is 11.0. The summed E-state index contributed by atoms with van der Waals surface area (Å²) in [5, 5.41) is 0. The van der Waals surface area contributed by atoms with Gasteiger partial charge in [0.15, 0.2) is 0 Å². The standard InChI is InChI=1S/C26H30N2O3/c1-20-15-21(2)17-22(16-20)19-31-25-9-12-28(26(29)18-25)23-5-7-24(8-6-23)30-14-13-27-10-3-4-11-27/h5-9,12,15-18H,3-4,10-11,13-14,19H2,1-2H3. The van der Waals surface area contributed by atoms with Gasteiger partial charge in [-0.2, -0.15) is 0 Å². The summed E-state index contributed by atoms with van der Waals surface area (Å²) >= 11 is 0. The van der Waals surface area contributed by atoms with Gasteiger partial charge in [0.25, 0.3) is 5.56 Å². The van der Waals surface area contributed by atoms with E-state index in [0.29, 0.717) is 19.0 Å². The van der Waals surface area contributed by atoms with E-state index in [9.17, 15) is 4.79 Å². The smallest absolute Gasteiger partial charge is 0.258 e. The predicted molar refractivity (Wildman–Crippen MR) is 123 cm³/mol. The van der Waals surface area contributed by atoms with Gasteiger partial charge in [-0.1, -0.05) is 29.3 Å². The van der Waals surface area contributed by atoms with Crippen molar-refractivity contribution < 1.29 is 9.47 Å². The van der Waals surface area contributed by atoms with Crippen LogP contribution in [-0.4, -0.2) is 35.7 Å². The molecule has 0 N–H and O–H groups in total. The van der Waals surface area contributed by atoms with Crippen LogP contribution in [0.3, 0.4) is 0 Å². The highest BCUT2D eigenvalue weighted by molar-refractivity contribution is 5.38. The topological polar surface area (TPSA) is 43.7 Å². The Kier molecular flexibility index (Phi) is 6.73. The van der Waals surface area contributed by atoms with Crippen molar-refractivity contribution in [1.82, 2.24) is 9.47 Å². The van der Waals surface area contributed by atoms with Gasteiger partial charge in [-0.25, -0.2) is 0 Å². The molecule has 1 aromatic heterocycles. The van der Waals surface area contributed by atoms with Crippen molar-refractivity contribution in [3.63, 3.8) is 0 Å². The van der Waals surface area contributed by atoms with Gasteiger partial charge in [0.1, 0.15) is 24.7 Å². The zero-order valence-corrected chi connectivity index (χ0v) is 18.3. The van der Waals surface area contributed by atoms with E-state index in [4.69, 9.17) is 9.47 Å². The normalized spacial score (nSPS) is 14.0. The Morgan fingerprint density at radius 2 is 1.55 bits per heavy atom. The van der Waals surface area contributed by atoms with Gasteiger partial charge in [0, 0.05) is 24.5 Å². The molecule has 0 amide bonds. The second-order valence-electron chi connectivity index (χ2n) is 8.25. The van der Waals surface area contributed by atoms with E-state index in [1.54, 1.807) is 10.8 Å². The molecule has 0 saturated carbocycles. The number of hydrogen-bond donors (Lipinski definition) is 0. The molecular weight excluding hydrogens is 388 g/mol. The van der Waals surface area contributed by atoms with E-state index in [0.717, 1.165) is 23.5 Å². The van der Waals surface area contributed by atoms with E-state index in [1.165, 1.54) is 43.1 Å². The molecule has 4 rings (SSSR count). The molecule has 3 aromatic rings. The lowest BCUT2D eigenvalue weighted by Crippen LogP contribution is -2.25.